The van der Waals surface area contributed by atoms with Crippen molar-refractivity contribution in [2.24, 2.45) is 0 Å². The molecule has 0 spiro atoms. The molecule has 0 aliphatic carbocycles. The lowest BCUT2D eigenvalue weighted by atomic mass is 10.2. The Bertz CT molecular complexity index is 377. The average Bonchev–Trinajstić information content (AvgIpc) is 1.96. The number of nitrogens with one attached hydrogen (secondary N) is 2. The predicted molar refractivity (Wildman–Crippen MR) is 46.1 cm³/mol. The minimum Gasteiger partial charge on any atom is -0.385 e. The Morgan fingerprint density at radius 3 is 2.50 bits per heavy atom. The number of nitrogen functional groups attached to an aromatic ring is 1. The topological polar surface area (TPSA) is 91.7 Å². The Hall–Kier alpha value is -1.52. The van der Waals surface area contributed by atoms with Gasteiger partial charge in [-0.15, -0.1) is 0 Å². The van der Waals surface area contributed by atoms with E-state index in [0.29, 0.717) is 12.0 Å². The van der Waals surface area contributed by atoms with Crippen molar-refractivity contribution in [1.82, 2.24) is 9.97 Å². The summed E-state index contributed by atoms with van der Waals surface area (Å²) in [5.74, 6) is 0.172. The van der Waals surface area contributed by atoms with Crippen LogP contribution in [0.3, 0.4) is 0 Å². The third-order valence-corrected chi connectivity index (χ3v) is 1.57. The average molecular weight is 169 g/mol. The number of aromatic nitrogens is 2. The molecule has 4 N–H and O–H groups in total. The molecule has 0 aliphatic heterocycles. The van der Waals surface area contributed by atoms with Gasteiger partial charge < -0.3 is 5.73 Å². The summed E-state index contributed by atoms with van der Waals surface area (Å²) in [6.45, 7) is 1.93. The lowest BCUT2D eigenvalue weighted by Gasteiger charge is -1.99. The van der Waals surface area contributed by atoms with Crippen LogP contribution in [0.4, 0.5) is 5.82 Å². The van der Waals surface area contributed by atoms with Crippen molar-refractivity contribution < 1.29 is 0 Å². The second kappa shape index (κ2) is 3.25. The number of rotatable bonds is 2. The van der Waals surface area contributed by atoms with Crippen molar-refractivity contribution in [3.05, 3.63) is 26.4 Å². The maximum atomic E-state index is 11.1. The number of hydrogen-bond acceptors (Lipinski definition) is 3. The maximum Gasteiger partial charge on any atom is 0.327 e. The molecule has 0 saturated carbocycles. The fourth-order valence-corrected chi connectivity index (χ4v) is 1.03. The zero-order chi connectivity index (χ0) is 9.14. The van der Waals surface area contributed by atoms with Crippen molar-refractivity contribution in [2.75, 3.05) is 5.73 Å². The largest absolute Gasteiger partial charge is 0.385 e. The molecule has 1 aromatic heterocycles. The van der Waals surface area contributed by atoms with Gasteiger partial charge >= 0.3 is 5.69 Å². The van der Waals surface area contributed by atoms with Gasteiger partial charge in [0, 0.05) is 0 Å². The van der Waals surface area contributed by atoms with Crippen molar-refractivity contribution in [3.63, 3.8) is 0 Å². The Balaban J connectivity index is 3.29. The van der Waals surface area contributed by atoms with Gasteiger partial charge in [0.15, 0.2) is 0 Å². The highest BCUT2D eigenvalue weighted by molar-refractivity contribution is 5.36. The van der Waals surface area contributed by atoms with Crippen molar-refractivity contribution >= 4 is 5.82 Å². The van der Waals surface area contributed by atoms with Gasteiger partial charge in [0.1, 0.15) is 5.82 Å². The number of aromatic amines is 2. The molecular formula is C7H11N3O2. The minimum atomic E-state index is -0.558. The standard InChI is InChI=1S/C7H11N3O2/c1-2-3-4-5(8)9-7(12)10-6(4)11/h2-3H2,1H3,(H4,8,9,10,11,12). The molecule has 0 bridgehead atoms. The monoisotopic (exact) mass is 169 g/mol. The highest BCUT2D eigenvalue weighted by atomic mass is 16.2. The Morgan fingerprint density at radius 1 is 1.33 bits per heavy atom. The SMILES string of the molecule is CCCc1c(N)[nH]c(=O)[nH]c1=O. The van der Waals surface area contributed by atoms with Crippen LogP contribution in [0.2, 0.25) is 0 Å². The molecule has 0 atom stereocenters. The van der Waals surface area contributed by atoms with Crippen LogP contribution in [0.5, 0.6) is 0 Å². The van der Waals surface area contributed by atoms with E-state index < -0.39 is 11.2 Å². The van der Waals surface area contributed by atoms with Gasteiger partial charge in [-0.2, -0.15) is 0 Å². The molecule has 66 valence electrons. The van der Waals surface area contributed by atoms with E-state index in [0.717, 1.165) is 6.42 Å². The molecule has 0 radical (unpaired) electrons. The van der Waals surface area contributed by atoms with Gasteiger partial charge in [0.2, 0.25) is 0 Å². The van der Waals surface area contributed by atoms with E-state index in [4.69, 9.17) is 5.73 Å². The van der Waals surface area contributed by atoms with Crippen LogP contribution in [0.15, 0.2) is 9.59 Å². The van der Waals surface area contributed by atoms with Gasteiger partial charge in [0.25, 0.3) is 5.56 Å². The predicted octanol–water partition coefficient (Wildman–Crippen LogP) is -0.402. The highest BCUT2D eigenvalue weighted by Crippen LogP contribution is 2.00. The summed E-state index contributed by atoms with van der Waals surface area (Å²) in [5, 5.41) is 0. The second-order valence-electron chi connectivity index (χ2n) is 2.55. The van der Waals surface area contributed by atoms with Gasteiger partial charge in [-0.1, -0.05) is 13.3 Å². The number of hydrogen-bond donors (Lipinski definition) is 3. The fourth-order valence-electron chi connectivity index (χ4n) is 1.03. The quantitative estimate of drug-likeness (QED) is 0.562. The molecular weight excluding hydrogens is 158 g/mol. The molecule has 12 heavy (non-hydrogen) atoms. The zero-order valence-corrected chi connectivity index (χ0v) is 6.81. The lowest BCUT2D eigenvalue weighted by Crippen LogP contribution is -2.27. The van der Waals surface area contributed by atoms with Crippen LogP contribution < -0.4 is 17.0 Å². The van der Waals surface area contributed by atoms with E-state index in [2.05, 4.69) is 9.97 Å². The van der Waals surface area contributed by atoms with Gasteiger partial charge in [0.05, 0.1) is 5.56 Å². The van der Waals surface area contributed by atoms with E-state index in [-0.39, 0.29) is 5.82 Å². The summed E-state index contributed by atoms with van der Waals surface area (Å²) in [6.07, 6.45) is 1.40. The van der Waals surface area contributed by atoms with Crippen LogP contribution in [-0.4, -0.2) is 9.97 Å². The second-order valence-corrected chi connectivity index (χ2v) is 2.55. The summed E-state index contributed by atoms with van der Waals surface area (Å²) in [7, 11) is 0. The summed E-state index contributed by atoms with van der Waals surface area (Å²) in [4.78, 5) is 26.2. The van der Waals surface area contributed by atoms with Crippen LogP contribution in [-0.2, 0) is 6.42 Å². The van der Waals surface area contributed by atoms with Crippen LogP contribution in [0.1, 0.15) is 18.9 Å². The summed E-state index contributed by atoms with van der Waals surface area (Å²) >= 11 is 0. The molecule has 0 fully saturated rings. The first-order valence-corrected chi connectivity index (χ1v) is 3.76. The van der Waals surface area contributed by atoms with Crippen LogP contribution in [0, 0.1) is 0 Å². The number of anilines is 1. The number of H-pyrrole nitrogens is 2. The van der Waals surface area contributed by atoms with Crippen molar-refractivity contribution in [3.8, 4) is 0 Å². The summed E-state index contributed by atoms with van der Waals surface area (Å²) in [6, 6.07) is 0. The number of nitrogens with two attached hydrogens (primary N) is 1. The van der Waals surface area contributed by atoms with Crippen LogP contribution in [0.25, 0.3) is 0 Å². The molecule has 5 nitrogen and oxygen atoms in total. The smallest absolute Gasteiger partial charge is 0.327 e. The first-order valence-electron chi connectivity index (χ1n) is 3.76. The summed E-state index contributed by atoms with van der Waals surface area (Å²) < 4.78 is 0. The normalized spacial score (nSPS) is 10.1. The van der Waals surface area contributed by atoms with Gasteiger partial charge in [-0.05, 0) is 6.42 Å². The van der Waals surface area contributed by atoms with E-state index in [9.17, 15) is 9.59 Å². The van der Waals surface area contributed by atoms with Crippen LogP contribution >= 0.6 is 0 Å². The van der Waals surface area contributed by atoms with E-state index in [1.807, 2.05) is 6.92 Å². The fraction of sp³-hybridized carbons (Fsp3) is 0.429. The Morgan fingerprint density at radius 2 is 2.00 bits per heavy atom. The molecule has 0 saturated heterocycles. The molecule has 0 aliphatic rings. The first kappa shape index (κ1) is 8.58. The zero-order valence-electron chi connectivity index (χ0n) is 6.81. The molecule has 1 rings (SSSR count). The maximum absolute atomic E-state index is 11.1. The van der Waals surface area contributed by atoms with Crippen molar-refractivity contribution in [1.29, 1.82) is 0 Å². The molecule has 0 amide bonds. The molecule has 1 heterocycles. The molecule has 1 aromatic rings. The van der Waals surface area contributed by atoms with Crippen molar-refractivity contribution in [2.45, 2.75) is 19.8 Å². The summed E-state index contributed by atoms with van der Waals surface area (Å²) in [5.41, 5.74) is 4.94. The van der Waals surface area contributed by atoms with E-state index in [1.54, 1.807) is 0 Å². The Labute approximate surface area is 68.6 Å². The Kier molecular flexibility index (Phi) is 2.32. The first-order chi connectivity index (χ1) is 5.65. The van der Waals surface area contributed by atoms with E-state index >= 15 is 0 Å². The molecule has 0 unspecified atom stereocenters. The highest BCUT2D eigenvalue weighted by Gasteiger charge is 2.03. The van der Waals surface area contributed by atoms with Gasteiger partial charge in [-0.3, -0.25) is 14.8 Å². The third kappa shape index (κ3) is 1.55. The minimum absolute atomic E-state index is 0.172. The lowest BCUT2D eigenvalue weighted by molar-refractivity contribution is 0.878. The van der Waals surface area contributed by atoms with Gasteiger partial charge in [-0.25, -0.2) is 4.79 Å². The third-order valence-electron chi connectivity index (χ3n) is 1.57. The molecule has 0 aromatic carbocycles. The molecule has 5 heteroatoms. The van der Waals surface area contributed by atoms with E-state index in [1.165, 1.54) is 0 Å².